The molecule has 1 fully saturated rings. The van der Waals surface area contributed by atoms with Crippen LogP contribution >= 0.6 is 0 Å². The topological polar surface area (TPSA) is 150 Å². The first-order chi connectivity index (χ1) is 12.7. The van der Waals surface area contributed by atoms with Crippen molar-refractivity contribution in [1.82, 2.24) is 0 Å². The molecule has 2 aromatic rings. The molecule has 0 aliphatic carbocycles. The minimum Gasteiger partial charge on any atom is -0.507 e. The Hall–Kier alpha value is -2.17. The number of rotatable bonds is 3. The van der Waals surface area contributed by atoms with Gasteiger partial charge in [-0.1, -0.05) is 0 Å². The highest BCUT2D eigenvalue weighted by molar-refractivity contribution is 5.89. The minimum absolute atomic E-state index is 0.0109. The molecule has 9 heteroatoms. The largest absolute Gasteiger partial charge is 0.507 e. The number of fused-ring (bicyclic) bond motifs is 1. The third-order valence-electron chi connectivity index (χ3n) is 4.77. The molecule has 2 heterocycles. The van der Waals surface area contributed by atoms with Crippen LogP contribution in [0.1, 0.15) is 16.9 Å². The fourth-order valence-electron chi connectivity index (χ4n) is 3.24. The Bertz CT molecular complexity index is 917. The maximum absolute atomic E-state index is 12.2. The van der Waals surface area contributed by atoms with Crippen LogP contribution in [0.15, 0.2) is 15.3 Å². The standard InChI is InChI=1S/C18H22O9/c1-6-4-9(20)11-12(21)7(2)16(8(3)17(11)25-6)27-18-15(24)14(23)13(22)10(5-19)26-18/h4,10,13-15,18-19,21-24H,5H2,1-3H3/t10-,13-,14+,15-,18-/m1/s1. The number of phenolic OH excluding ortho intramolecular Hbond substituents is 1. The van der Waals surface area contributed by atoms with Crippen molar-refractivity contribution in [3.63, 3.8) is 0 Å². The van der Waals surface area contributed by atoms with Gasteiger partial charge in [-0.15, -0.1) is 0 Å². The van der Waals surface area contributed by atoms with Crippen LogP contribution in [-0.2, 0) is 4.74 Å². The SMILES string of the molecule is Cc1cc(=O)c2c(O)c(C)c(O[C@H]3O[C@H](CO)[C@@H](O)[C@H](O)[C@H]3O)c(C)c2o1. The Balaban J connectivity index is 2.08. The van der Waals surface area contributed by atoms with Crippen LogP contribution in [0.4, 0.5) is 0 Å². The predicted octanol–water partition coefficient (Wildman–Crippen LogP) is -0.397. The first-order valence-corrected chi connectivity index (χ1v) is 8.41. The monoisotopic (exact) mass is 382 g/mol. The van der Waals surface area contributed by atoms with E-state index in [0.29, 0.717) is 11.3 Å². The van der Waals surface area contributed by atoms with Crippen LogP contribution in [0.3, 0.4) is 0 Å². The third kappa shape index (κ3) is 3.17. The molecule has 0 radical (unpaired) electrons. The van der Waals surface area contributed by atoms with Gasteiger partial charge in [0.1, 0.15) is 52.6 Å². The number of phenols is 1. The highest BCUT2D eigenvalue weighted by atomic mass is 16.7. The fourth-order valence-corrected chi connectivity index (χ4v) is 3.24. The Morgan fingerprint density at radius 2 is 1.74 bits per heavy atom. The second-order valence-corrected chi connectivity index (χ2v) is 6.67. The van der Waals surface area contributed by atoms with Gasteiger partial charge in [0.2, 0.25) is 6.29 Å². The van der Waals surface area contributed by atoms with Gasteiger partial charge in [-0.3, -0.25) is 4.79 Å². The quantitative estimate of drug-likeness (QED) is 0.478. The van der Waals surface area contributed by atoms with Crippen molar-refractivity contribution in [2.45, 2.75) is 51.5 Å². The van der Waals surface area contributed by atoms with Crippen LogP contribution in [-0.4, -0.2) is 62.8 Å². The number of aryl methyl sites for hydroxylation is 2. The smallest absolute Gasteiger partial charge is 0.229 e. The summed E-state index contributed by atoms with van der Waals surface area (Å²) in [4.78, 5) is 12.2. The molecule has 1 aromatic heterocycles. The Morgan fingerprint density at radius 3 is 2.37 bits per heavy atom. The lowest BCUT2D eigenvalue weighted by molar-refractivity contribution is -0.277. The molecule has 0 saturated carbocycles. The first kappa shape index (κ1) is 19.6. The van der Waals surface area contributed by atoms with E-state index in [-0.39, 0.29) is 28.0 Å². The van der Waals surface area contributed by atoms with E-state index in [1.807, 2.05) is 0 Å². The molecule has 0 amide bonds. The van der Waals surface area contributed by atoms with Crippen LogP contribution in [0.25, 0.3) is 11.0 Å². The number of hydrogen-bond donors (Lipinski definition) is 5. The summed E-state index contributed by atoms with van der Waals surface area (Å²) in [7, 11) is 0. The van der Waals surface area contributed by atoms with Crippen LogP contribution in [0, 0.1) is 20.8 Å². The summed E-state index contributed by atoms with van der Waals surface area (Å²) >= 11 is 0. The second kappa shape index (κ2) is 7.10. The highest BCUT2D eigenvalue weighted by Crippen LogP contribution is 2.39. The molecule has 148 valence electrons. The highest BCUT2D eigenvalue weighted by Gasteiger charge is 2.45. The van der Waals surface area contributed by atoms with Crippen molar-refractivity contribution in [1.29, 1.82) is 0 Å². The van der Waals surface area contributed by atoms with Gasteiger partial charge >= 0.3 is 0 Å². The lowest BCUT2D eigenvalue weighted by Crippen LogP contribution is -2.60. The fraction of sp³-hybridized carbons (Fsp3) is 0.500. The summed E-state index contributed by atoms with van der Waals surface area (Å²) in [5.41, 5.74) is 0.325. The molecule has 1 aliphatic rings. The number of aliphatic hydroxyl groups excluding tert-OH is 4. The summed E-state index contributed by atoms with van der Waals surface area (Å²) in [5.74, 6) is 0.111. The van der Waals surface area contributed by atoms with E-state index in [1.54, 1.807) is 13.8 Å². The van der Waals surface area contributed by atoms with Gasteiger partial charge in [0.15, 0.2) is 5.43 Å². The second-order valence-electron chi connectivity index (χ2n) is 6.67. The Kier molecular flexibility index (Phi) is 5.15. The van der Waals surface area contributed by atoms with Crippen molar-refractivity contribution < 1.29 is 39.4 Å². The minimum atomic E-state index is -1.61. The van der Waals surface area contributed by atoms with Crippen LogP contribution < -0.4 is 10.2 Å². The normalized spacial score (nSPS) is 28.5. The molecule has 0 bridgehead atoms. The van der Waals surface area contributed by atoms with Crippen molar-refractivity contribution in [2.24, 2.45) is 0 Å². The third-order valence-corrected chi connectivity index (χ3v) is 4.77. The summed E-state index contributed by atoms with van der Waals surface area (Å²) in [6.07, 6.45) is -7.29. The zero-order chi connectivity index (χ0) is 20.0. The molecule has 1 aliphatic heterocycles. The summed E-state index contributed by atoms with van der Waals surface area (Å²) in [5, 5.41) is 49.7. The number of hydrogen-bond acceptors (Lipinski definition) is 9. The van der Waals surface area contributed by atoms with Crippen LogP contribution in [0.5, 0.6) is 11.5 Å². The number of benzene rings is 1. The zero-order valence-corrected chi connectivity index (χ0v) is 15.0. The molecule has 9 nitrogen and oxygen atoms in total. The van der Waals surface area contributed by atoms with Gasteiger partial charge in [0.05, 0.1) is 6.61 Å². The number of aromatic hydroxyl groups is 1. The first-order valence-electron chi connectivity index (χ1n) is 8.41. The molecule has 0 spiro atoms. The van der Waals surface area contributed by atoms with E-state index < -0.39 is 42.7 Å². The van der Waals surface area contributed by atoms with Gasteiger partial charge < -0.3 is 39.4 Å². The Labute approximate surface area is 154 Å². The predicted molar refractivity (Wildman–Crippen MR) is 92.8 cm³/mol. The summed E-state index contributed by atoms with van der Waals surface area (Å²) in [6, 6.07) is 1.26. The number of ether oxygens (including phenoxy) is 2. The Morgan fingerprint density at radius 1 is 1.07 bits per heavy atom. The number of aliphatic hydroxyl groups is 4. The van der Waals surface area contributed by atoms with Gasteiger partial charge in [0.25, 0.3) is 0 Å². The lowest BCUT2D eigenvalue weighted by Gasteiger charge is -2.39. The molecule has 5 N–H and O–H groups in total. The van der Waals surface area contributed by atoms with E-state index in [1.165, 1.54) is 13.0 Å². The van der Waals surface area contributed by atoms with E-state index in [9.17, 15) is 30.3 Å². The molecule has 1 aromatic carbocycles. The molecule has 1 saturated heterocycles. The summed E-state index contributed by atoms with van der Waals surface area (Å²) in [6.45, 7) is 4.12. The average molecular weight is 382 g/mol. The average Bonchev–Trinajstić information content (AvgIpc) is 2.62. The molecule has 5 atom stereocenters. The zero-order valence-electron chi connectivity index (χ0n) is 15.0. The van der Waals surface area contributed by atoms with Crippen molar-refractivity contribution in [3.05, 3.63) is 33.2 Å². The van der Waals surface area contributed by atoms with Gasteiger partial charge in [-0.2, -0.15) is 0 Å². The molecular weight excluding hydrogens is 360 g/mol. The van der Waals surface area contributed by atoms with Crippen molar-refractivity contribution >= 4 is 11.0 Å². The van der Waals surface area contributed by atoms with E-state index in [0.717, 1.165) is 0 Å². The van der Waals surface area contributed by atoms with E-state index >= 15 is 0 Å². The van der Waals surface area contributed by atoms with Gasteiger partial charge in [-0.05, 0) is 20.8 Å². The van der Waals surface area contributed by atoms with E-state index in [2.05, 4.69) is 0 Å². The van der Waals surface area contributed by atoms with E-state index in [4.69, 9.17) is 13.9 Å². The van der Waals surface area contributed by atoms with Crippen molar-refractivity contribution in [3.8, 4) is 11.5 Å². The molecular formula is C18H22O9. The van der Waals surface area contributed by atoms with Crippen molar-refractivity contribution in [2.75, 3.05) is 6.61 Å². The molecule has 0 unspecified atom stereocenters. The molecule has 3 rings (SSSR count). The maximum atomic E-state index is 12.2. The maximum Gasteiger partial charge on any atom is 0.229 e. The molecule has 27 heavy (non-hydrogen) atoms. The lowest BCUT2D eigenvalue weighted by atomic mass is 9.99. The van der Waals surface area contributed by atoms with Crippen LogP contribution in [0.2, 0.25) is 0 Å². The van der Waals surface area contributed by atoms with Gasteiger partial charge in [-0.25, -0.2) is 0 Å². The van der Waals surface area contributed by atoms with Gasteiger partial charge in [0, 0.05) is 17.2 Å². The summed E-state index contributed by atoms with van der Waals surface area (Å²) < 4.78 is 16.6.